The van der Waals surface area contributed by atoms with Crippen LogP contribution in [0.4, 0.5) is 11.4 Å². The van der Waals surface area contributed by atoms with Crippen molar-refractivity contribution in [1.82, 2.24) is 0 Å². The molecule has 0 saturated heterocycles. The average molecular weight is 425 g/mol. The molecular weight excluding hydrogens is 404 g/mol. The normalized spacial score (nSPS) is 10.2. The zero-order chi connectivity index (χ0) is 21.5. The molecule has 3 aromatic rings. The molecule has 0 aliphatic rings. The summed E-state index contributed by atoms with van der Waals surface area (Å²) in [5.74, 6) is 0.550. The quantitative estimate of drug-likeness (QED) is 0.564. The van der Waals surface area contributed by atoms with E-state index in [0.29, 0.717) is 33.5 Å². The fourth-order valence-electron chi connectivity index (χ4n) is 2.70. The van der Waals surface area contributed by atoms with Crippen molar-refractivity contribution in [3.8, 4) is 11.5 Å². The third-order valence-corrected chi connectivity index (χ3v) is 4.71. The van der Waals surface area contributed by atoms with E-state index in [9.17, 15) is 9.59 Å². The lowest BCUT2D eigenvalue weighted by Gasteiger charge is -2.11. The van der Waals surface area contributed by atoms with E-state index in [1.54, 1.807) is 61.7 Å². The Morgan fingerprint density at radius 2 is 1.70 bits per heavy atom. The summed E-state index contributed by atoms with van der Waals surface area (Å²) < 4.78 is 10.7. The van der Waals surface area contributed by atoms with Crippen molar-refractivity contribution >= 4 is 34.8 Å². The van der Waals surface area contributed by atoms with Gasteiger partial charge in [-0.3, -0.25) is 9.59 Å². The average Bonchev–Trinajstić information content (AvgIpc) is 2.75. The van der Waals surface area contributed by atoms with Gasteiger partial charge in [-0.05, 0) is 67.1 Å². The van der Waals surface area contributed by atoms with Gasteiger partial charge >= 0.3 is 0 Å². The number of aryl methyl sites for hydroxylation is 1. The van der Waals surface area contributed by atoms with Crippen molar-refractivity contribution in [3.63, 3.8) is 0 Å². The number of ether oxygens (including phenoxy) is 2. The summed E-state index contributed by atoms with van der Waals surface area (Å²) in [7, 11) is 1.54. The maximum atomic E-state index is 12.4. The topological polar surface area (TPSA) is 76.7 Å². The number of carbonyl (C=O) groups excluding carboxylic acids is 2. The van der Waals surface area contributed by atoms with Crippen LogP contribution < -0.4 is 20.1 Å². The van der Waals surface area contributed by atoms with E-state index in [2.05, 4.69) is 10.6 Å². The van der Waals surface area contributed by atoms with Crippen LogP contribution in [0.5, 0.6) is 11.5 Å². The fraction of sp³-hybridized carbons (Fsp3) is 0.130. The highest BCUT2D eigenvalue weighted by Crippen LogP contribution is 2.24. The number of rotatable bonds is 7. The summed E-state index contributed by atoms with van der Waals surface area (Å²) in [6.45, 7) is 1.72. The molecule has 2 N–H and O–H groups in total. The predicted octanol–water partition coefficient (Wildman–Crippen LogP) is 4.93. The first-order valence-electron chi connectivity index (χ1n) is 9.19. The largest absolute Gasteiger partial charge is 0.495 e. The van der Waals surface area contributed by atoms with Gasteiger partial charge in [0, 0.05) is 16.3 Å². The summed E-state index contributed by atoms with van der Waals surface area (Å²) in [5.41, 5.74) is 2.46. The summed E-state index contributed by atoms with van der Waals surface area (Å²) in [6, 6.07) is 18.9. The third kappa shape index (κ3) is 5.52. The number of methoxy groups -OCH3 is 1. The second-order valence-corrected chi connectivity index (χ2v) is 6.89. The van der Waals surface area contributed by atoms with Gasteiger partial charge in [0.25, 0.3) is 11.8 Å². The van der Waals surface area contributed by atoms with Gasteiger partial charge in [-0.25, -0.2) is 0 Å². The lowest BCUT2D eigenvalue weighted by atomic mass is 10.2. The van der Waals surface area contributed by atoms with Crippen molar-refractivity contribution in [2.45, 2.75) is 6.92 Å². The highest BCUT2D eigenvalue weighted by Gasteiger charge is 2.10. The number of nitrogens with one attached hydrogen (secondary N) is 2. The van der Waals surface area contributed by atoms with Gasteiger partial charge in [0.05, 0.1) is 12.8 Å². The van der Waals surface area contributed by atoms with Crippen molar-refractivity contribution in [2.75, 3.05) is 24.4 Å². The number of para-hydroxylation sites is 2. The molecule has 154 valence electrons. The summed E-state index contributed by atoms with van der Waals surface area (Å²) in [4.78, 5) is 24.6. The Morgan fingerprint density at radius 1 is 0.967 bits per heavy atom. The van der Waals surface area contributed by atoms with Gasteiger partial charge in [-0.2, -0.15) is 0 Å². The number of amides is 2. The molecule has 0 atom stereocenters. The minimum Gasteiger partial charge on any atom is -0.495 e. The minimum absolute atomic E-state index is 0.142. The first-order chi connectivity index (χ1) is 14.5. The van der Waals surface area contributed by atoms with Crippen molar-refractivity contribution < 1.29 is 19.1 Å². The summed E-state index contributed by atoms with van der Waals surface area (Å²) in [5, 5.41) is 6.18. The molecule has 0 spiro atoms. The predicted molar refractivity (Wildman–Crippen MR) is 118 cm³/mol. The van der Waals surface area contributed by atoms with Crippen LogP contribution in [-0.2, 0) is 4.79 Å². The second-order valence-electron chi connectivity index (χ2n) is 6.48. The molecule has 2 amide bonds. The van der Waals surface area contributed by atoms with E-state index in [1.165, 1.54) is 0 Å². The Labute approximate surface area is 179 Å². The first kappa shape index (κ1) is 21.2. The maximum absolute atomic E-state index is 12.4. The van der Waals surface area contributed by atoms with Crippen LogP contribution in [0.3, 0.4) is 0 Å². The molecule has 0 radical (unpaired) electrons. The Kier molecular flexibility index (Phi) is 6.93. The van der Waals surface area contributed by atoms with Crippen molar-refractivity contribution in [1.29, 1.82) is 0 Å². The van der Waals surface area contributed by atoms with Gasteiger partial charge in [-0.1, -0.05) is 23.7 Å². The second kappa shape index (κ2) is 9.80. The molecule has 3 aromatic carbocycles. The Morgan fingerprint density at radius 3 is 2.40 bits per heavy atom. The molecule has 7 heteroatoms. The van der Waals surface area contributed by atoms with E-state index >= 15 is 0 Å². The van der Waals surface area contributed by atoms with Gasteiger partial charge in [-0.15, -0.1) is 0 Å². The molecular formula is C23H21ClN2O4. The lowest BCUT2D eigenvalue weighted by molar-refractivity contribution is -0.118. The molecule has 3 rings (SSSR count). The third-order valence-electron chi connectivity index (χ3n) is 4.29. The Balaban J connectivity index is 1.55. The number of halogens is 1. The van der Waals surface area contributed by atoms with E-state index < -0.39 is 0 Å². The molecule has 0 heterocycles. The van der Waals surface area contributed by atoms with Gasteiger partial charge in [0.1, 0.15) is 11.5 Å². The van der Waals surface area contributed by atoms with E-state index in [0.717, 1.165) is 5.56 Å². The molecule has 6 nitrogen and oxygen atoms in total. The van der Waals surface area contributed by atoms with Crippen LogP contribution in [0.1, 0.15) is 15.9 Å². The van der Waals surface area contributed by atoms with Crippen LogP contribution in [-0.4, -0.2) is 25.5 Å². The first-order valence-corrected chi connectivity index (χ1v) is 9.57. The van der Waals surface area contributed by atoms with Crippen LogP contribution in [0.2, 0.25) is 5.02 Å². The molecule has 0 aromatic heterocycles. The van der Waals surface area contributed by atoms with E-state index in [1.807, 2.05) is 19.1 Å². The maximum Gasteiger partial charge on any atom is 0.262 e. The molecule has 0 fully saturated rings. The Bertz CT molecular complexity index is 1050. The van der Waals surface area contributed by atoms with Crippen LogP contribution >= 0.6 is 11.6 Å². The SMILES string of the molecule is COc1ccccc1NC(=O)c1ccc(NC(=O)COc2ccc(Cl)c(C)c2)cc1. The van der Waals surface area contributed by atoms with Gasteiger partial charge in [0.15, 0.2) is 6.61 Å². The molecule has 0 saturated carbocycles. The van der Waals surface area contributed by atoms with Gasteiger partial charge in [0.2, 0.25) is 0 Å². The number of hydrogen-bond acceptors (Lipinski definition) is 4. The van der Waals surface area contributed by atoms with E-state index in [4.69, 9.17) is 21.1 Å². The number of benzene rings is 3. The zero-order valence-electron chi connectivity index (χ0n) is 16.6. The number of anilines is 2. The van der Waals surface area contributed by atoms with Crippen molar-refractivity contribution in [2.24, 2.45) is 0 Å². The summed E-state index contributed by atoms with van der Waals surface area (Å²) in [6.07, 6.45) is 0. The molecule has 0 aliphatic carbocycles. The van der Waals surface area contributed by atoms with Crippen molar-refractivity contribution in [3.05, 3.63) is 82.9 Å². The summed E-state index contributed by atoms with van der Waals surface area (Å²) >= 11 is 5.98. The number of hydrogen-bond donors (Lipinski definition) is 2. The minimum atomic E-state index is -0.311. The number of carbonyl (C=O) groups is 2. The van der Waals surface area contributed by atoms with Crippen LogP contribution in [0, 0.1) is 6.92 Å². The smallest absolute Gasteiger partial charge is 0.262 e. The molecule has 0 bridgehead atoms. The molecule has 0 unspecified atom stereocenters. The van der Waals surface area contributed by atoms with Gasteiger partial charge < -0.3 is 20.1 Å². The Hall–Kier alpha value is -3.51. The standard InChI is InChI=1S/C23H21ClN2O4/c1-15-13-18(11-12-19(15)24)30-14-22(27)25-17-9-7-16(8-10-17)23(28)26-20-5-3-4-6-21(20)29-2/h3-13H,14H2,1-2H3,(H,25,27)(H,26,28). The molecule has 30 heavy (non-hydrogen) atoms. The van der Waals surface area contributed by atoms with E-state index in [-0.39, 0.29) is 18.4 Å². The monoisotopic (exact) mass is 424 g/mol. The molecule has 0 aliphatic heterocycles. The van der Waals surface area contributed by atoms with Crippen LogP contribution in [0.15, 0.2) is 66.7 Å². The fourth-order valence-corrected chi connectivity index (χ4v) is 2.82. The lowest BCUT2D eigenvalue weighted by Crippen LogP contribution is -2.20. The van der Waals surface area contributed by atoms with Crippen LogP contribution in [0.25, 0.3) is 0 Å². The highest BCUT2D eigenvalue weighted by molar-refractivity contribution is 6.31. The highest BCUT2D eigenvalue weighted by atomic mass is 35.5. The zero-order valence-corrected chi connectivity index (χ0v) is 17.3.